The molecule has 1 amide bonds. The van der Waals surface area contributed by atoms with Crippen molar-refractivity contribution in [2.45, 2.75) is 25.8 Å². The zero-order chi connectivity index (χ0) is 14.0. The molecule has 0 aromatic rings. The number of hydrogen-bond donors (Lipinski definition) is 2. The van der Waals surface area contributed by atoms with Gasteiger partial charge in [0.25, 0.3) is 0 Å². The van der Waals surface area contributed by atoms with Crippen LogP contribution in [0.15, 0.2) is 12.2 Å². The number of rotatable bonds is 6. The molecule has 0 spiro atoms. The topological polar surface area (TPSA) is 66.4 Å². The van der Waals surface area contributed by atoms with Gasteiger partial charge >= 0.3 is 5.97 Å². The predicted octanol–water partition coefficient (Wildman–Crippen LogP) is 1.77. The Morgan fingerprint density at radius 3 is 2.58 bits per heavy atom. The SMILES string of the molecule is CSCCC(C)NC(=O)[C@H]1C2C=CC(C2)[C@H]1C(=O)O. The Bertz CT molecular complexity index is 396. The minimum Gasteiger partial charge on any atom is -0.481 e. The molecule has 2 bridgehead atoms. The molecule has 0 aromatic heterocycles. The van der Waals surface area contributed by atoms with Crippen molar-refractivity contribution in [2.24, 2.45) is 23.7 Å². The van der Waals surface area contributed by atoms with E-state index in [4.69, 9.17) is 0 Å². The lowest BCUT2D eigenvalue weighted by atomic mass is 9.82. The molecule has 2 N–H and O–H groups in total. The maximum absolute atomic E-state index is 12.3. The van der Waals surface area contributed by atoms with Gasteiger partial charge in [-0.3, -0.25) is 9.59 Å². The van der Waals surface area contributed by atoms with Crippen molar-refractivity contribution >= 4 is 23.6 Å². The van der Waals surface area contributed by atoms with Crippen molar-refractivity contribution in [3.05, 3.63) is 12.2 Å². The summed E-state index contributed by atoms with van der Waals surface area (Å²) in [7, 11) is 0. The number of hydrogen-bond acceptors (Lipinski definition) is 3. The van der Waals surface area contributed by atoms with E-state index in [2.05, 4.69) is 5.32 Å². The van der Waals surface area contributed by atoms with E-state index in [1.807, 2.05) is 25.3 Å². The number of allylic oxidation sites excluding steroid dienone is 2. The van der Waals surface area contributed by atoms with Gasteiger partial charge in [0.15, 0.2) is 0 Å². The fourth-order valence-corrected chi connectivity index (χ4v) is 3.81. The largest absolute Gasteiger partial charge is 0.481 e. The summed E-state index contributed by atoms with van der Waals surface area (Å²) < 4.78 is 0. The molecule has 0 aliphatic heterocycles. The quantitative estimate of drug-likeness (QED) is 0.729. The van der Waals surface area contributed by atoms with Gasteiger partial charge in [-0.05, 0) is 43.6 Å². The third-order valence-corrected chi connectivity index (χ3v) is 4.83. The van der Waals surface area contributed by atoms with Gasteiger partial charge in [0.1, 0.15) is 0 Å². The molecule has 106 valence electrons. The first kappa shape index (κ1) is 14.4. The van der Waals surface area contributed by atoms with Gasteiger partial charge < -0.3 is 10.4 Å². The average Bonchev–Trinajstić information content (AvgIpc) is 2.95. The predicted molar refractivity (Wildman–Crippen MR) is 76.0 cm³/mol. The van der Waals surface area contributed by atoms with Gasteiger partial charge in [-0.15, -0.1) is 0 Å². The Balaban J connectivity index is 1.98. The smallest absolute Gasteiger partial charge is 0.307 e. The number of amides is 1. The van der Waals surface area contributed by atoms with Gasteiger partial charge in [-0.2, -0.15) is 11.8 Å². The zero-order valence-corrected chi connectivity index (χ0v) is 12.2. The van der Waals surface area contributed by atoms with E-state index in [-0.39, 0.29) is 29.7 Å². The maximum Gasteiger partial charge on any atom is 0.307 e. The summed E-state index contributed by atoms with van der Waals surface area (Å²) in [5.41, 5.74) is 0. The van der Waals surface area contributed by atoms with Gasteiger partial charge in [0.05, 0.1) is 11.8 Å². The molecule has 19 heavy (non-hydrogen) atoms. The molecule has 3 unspecified atom stereocenters. The molecule has 0 radical (unpaired) electrons. The summed E-state index contributed by atoms with van der Waals surface area (Å²) >= 11 is 1.75. The van der Waals surface area contributed by atoms with Crippen LogP contribution in [0.3, 0.4) is 0 Å². The monoisotopic (exact) mass is 283 g/mol. The van der Waals surface area contributed by atoms with E-state index >= 15 is 0 Å². The zero-order valence-electron chi connectivity index (χ0n) is 11.3. The minimum absolute atomic E-state index is 0.0414. The highest BCUT2D eigenvalue weighted by atomic mass is 32.2. The van der Waals surface area contributed by atoms with Crippen molar-refractivity contribution in [3.8, 4) is 0 Å². The molecule has 2 aliphatic rings. The third-order valence-electron chi connectivity index (χ3n) is 4.19. The summed E-state index contributed by atoms with van der Waals surface area (Å²) in [6, 6.07) is 0.109. The van der Waals surface area contributed by atoms with Crippen LogP contribution in [0.5, 0.6) is 0 Å². The van der Waals surface area contributed by atoms with E-state index in [0.29, 0.717) is 0 Å². The first-order valence-corrected chi connectivity index (χ1v) is 8.14. The van der Waals surface area contributed by atoms with Crippen LogP contribution in [-0.2, 0) is 9.59 Å². The van der Waals surface area contributed by atoms with E-state index in [1.165, 1.54) is 0 Å². The maximum atomic E-state index is 12.3. The fraction of sp³-hybridized carbons (Fsp3) is 0.714. The average molecular weight is 283 g/mol. The van der Waals surface area contributed by atoms with E-state index in [1.54, 1.807) is 11.8 Å². The molecule has 1 fully saturated rings. The molecule has 5 heteroatoms. The van der Waals surface area contributed by atoms with Crippen LogP contribution in [-0.4, -0.2) is 35.0 Å². The molecule has 0 saturated heterocycles. The lowest BCUT2D eigenvalue weighted by Gasteiger charge is -2.25. The molecular formula is C14H21NO3S. The number of nitrogens with one attached hydrogen (secondary N) is 1. The van der Waals surface area contributed by atoms with Crippen molar-refractivity contribution in [3.63, 3.8) is 0 Å². The Morgan fingerprint density at radius 1 is 1.37 bits per heavy atom. The highest BCUT2D eigenvalue weighted by Crippen LogP contribution is 2.48. The van der Waals surface area contributed by atoms with Crippen LogP contribution in [0.4, 0.5) is 0 Å². The second kappa shape index (κ2) is 5.99. The Morgan fingerprint density at radius 2 is 2.00 bits per heavy atom. The summed E-state index contributed by atoms with van der Waals surface area (Å²) in [5.74, 6) is -0.697. The second-order valence-electron chi connectivity index (χ2n) is 5.53. The summed E-state index contributed by atoms with van der Waals surface area (Å²) in [4.78, 5) is 23.7. The lowest BCUT2D eigenvalue weighted by molar-refractivity contribution is -0.148. The molecule has 0 aromatic carbocycles. The number of carbonyl (C=O) groups excluding carboxylic acids is 1. The molecular weight excluding hydrogens is 262 g/mol. The molecule has 4 nitrogen and oxygen atoms in total. The van der Waals surface area contributed by atoms with Crippen LogP contribution in [0, 0.1) is 23.7 Å². The van der Waals surface area contributed by atoms with Crippen molar-refractivity contribution in [1.82, 2.24) is 5.32 Å². The van der Waals surface area contributed by atoms with Gasteiger partial charge in [0.2, 0.25) is 5.91 Å². The first-order valence-electron chi connectivity index (χ1n) is 6.75. The van der Waals surface area contributed by atoms with Crippen LogP contribution in [0.25, 0.3) is 0 Å². The number of carboxylic acid groups (broad SMARTS) is 1. The number of carbonyl (C=O) groups is 2. The Kier molecular flexibility index (Phi) is 4.55. The van der Waals surface area contributed by atoms with E-state index in [9.17, 15) is 14.7 Å². The molecule has 5 atom stereocenters. The number of fused-ring (bicyclic) bond motifs is 2. The standard InChI is InChI=1S/C14H21NO3S/c1-8(5-6-19-2)15-13(16)11-9-3-4-10(7-9)12(11)14(17)18/h3-4,8-12H,5-7H2,1-2H3,(H,15,16)(H,17,18)/t8?,9?,10?,11-,12+/m0/s1. The number of carboxylic acids is 1. The van der Waals surface area contributed by atoms with Crippen LogP contribution in [0.1, 0.15) is 19.8 Å². The van der Waals surface area contributed by atoms with Gasteiger partial charge in [0, 0.05) is 6.04 Å². The normalized spacial score (nSPS) is 33.4. The van der Waals surface area contributed by atoms with E-state index < -0.39 is 11.9 Å². The van der Waals surface area contributed by atoms with Gasteiger partial charge in [-0.25, -0.2) is 0 Å². The molecule has 2 rings (SSSR count). The Hall–Kier alpha value is -0.970. The van der Waals surface area contributed by atoms with E-state index in [0.717, 1.165) is 18.6 Å². The highest BCUT2D eigenvalue weighted by molar-refractivity contribution is 7.98. The summed E-state index contributed by atoms with van der Waals surface area (Å²) in [5, 5.41) is 12.3. The number of thioether (sulfide) groups is 1. The van der Waals surface area contributed by atoms with Crippen molar-refractivity contribution < 1.29 is 14.7 Å². The number of aliphatic carboxylic acids is 1. The summed E-state index contributed by atoms with van der Waals surface area (Å²) in [6.07, 6.45) is 7.75. The van der Waals surface area contributed by atoms with Crippen molar-refractivity contribution in [2.75, 3.05) is 12.0 Å². The summed E-state index contributed by atoms with van der Waals surface area (Å²) in [6.45, 7) is 1.98. The van der Waals surface area contributed by atoms with Crippen LogP contribution < -0.4 is 5.32 Å². The first-order chi connectivity index (χ1) is 9.04. The lowest BCUT2D eigenvalue weighted by Crippen LogP contribution is -2.43. The van der Waals surface area contributed by atoms with Crippen LogP contribution in [0.2, 0.25) is 0 Å². The minimum atomic E-state index is -0.839. The Labute approximate surface area is 118 Å². The fourth-order valence-electron chi connectivity index (χ4n) is 3.22. The van der Waals surface area contributed by atoms with Crippen molar-refractivity contribution in [1.29, 1.82) is 0 Å². The molecule has 0 heterocycles. The molecule has 2 aliphatic carbocycles. The second-order valence-corrected chi connectivity index (χ2v) is 6.51. The highest BCUT2D eigenvalue weighted by Gasteiger charge is 2.51. The van der Waals surface area contributed by atoms with Crippen LogP contribution >= 0.6 is 11.8 Å². The van der Waals surface area contributed by atoms with Gasteiger partial charge in [-0.1, -0.05) is 12.2 Å². The molecule has 1 saturated carbocycles. The third kappa shape index (κ3) is 2.96.